The number of imidazole rings is 1. The highest BCUT2D eigenvalue weighted by atomic mass is 16.5. The van der Waals surface area contributed by atoms with E-state index in [0.29, 0.717) is 31.2 Å². The van der Waals surface area contributed by atoms with Gasteiger partial charge >= 0.3 is 0 Å². The fourth-order valence-corrected chi connectivity index (χ4v) is 5.87. The SMILES string of the molecule is O=C1CCC(N2Cc3cc(OC[C@H]4CCCCN4Cc4ccc(Cn5ccnc5)cc4)ccc3C2=O)C(=O)N1. The third-order valence-corrected chi connectivity index (χ3v) is 8.02. The number of likely N-dealkylation sites (tertiary alicyclic amines) is 1. The molecular weight excluding hydrogens is 494 g/mol. The van der Waals surface area contributed by atoms with Crippen LogP contribution in [0.1, 0.15) is 59.2 Å². The molecule has 0 spiro atoms. The zero-order chi connectivity index (χ0) is 26.8. The van der Waals surface area contributed by atoms with E-state index >= 15 is 0 Å². The Morgan fingerprint density at radius 1 is 0.974 bits per heavy atom. The number of nitrogens with zero attached hydrogens (tertiary/aromatic N) is 4. The van der Waals surface area contributed by atoms with Gasteiger partial charge in [0.2, 0.25) is 11.8 Å². The lowest BCUT2D eigenvalue weighted by Gasteiger charge is -2.35. The average Bonchev–Trinajstić information content (AvgIpc) is 3.57. The summed E-state index contributed by atoms with van der Waals surface area (Å²) in [7, 11) is 0. The molecule has 2 fully saturated rings. The van der Waals surface area contributed by atoms with Crippen LogP contribution < -0.4 is 10.1 Å². The summed E-state index contributed by atoms with van der Waals surface area (Å²) in [6, 6.07) is 14.1. The molecule has 4 heterocycles. The Labute approximate surface area is 227 Å². The van der Waals surface area contributed by atoms with Gasteiger partial charge in [-0.1, -0.05) is 30.7 Å². The molecule has 3 amide bonds. The molecular formula is C30H33N5O4. The minimum Gasteiger partial charge on any atom is -0.492 e. The van der Waals surface area contributed by atoms with Gasteiger partial charge in [-0.15, -0.1) is 0 Å². The smallest absolute Gasteiger partial charge is 0.255 e. The summed E-state index contributed by atoms with van der Waals surface area (Å²) >= 11 is 0. The van der Waals surface area contributed by atoms with E-state index in [-0.39, 0.29) is 18.2 Å². The summed E-state index contributed by atoms with van der Waals surface area (Å²) in [6.07, 6.45) is 9.67. The fourth-order valence-electron chi connectivity index (χ4n) is 5.87. The van der Waals surface area contributed by atoms with Crippen molar-refractivity contribution in [2.75, 3.05) is 13.2 Å². The van der Waals surface area contributed by atoms with Gasteiger partial charge in [-0.3, -0.25) is 24.6 Å². The lowest BCUT2D eigenvalue weighted by Crippen LogP contribution is -2.52. The highest BCUT2D eigenvalue weighted by molar-refractivity contribution is 6.05. The van der Waals surface area contributed by atoms with E-state index in [1.807, 2.05) is 24.7 Å². The number of imide groups is 1. The first-order chi connectivity index (χ1) is 19.0. The van der Waals surface area contributed by atoms with E-state index in [0.717, 1.165) is 37.4 Å². The van der Waals surface area contributed by atoms with Crippen LogP contribution in [0.3, 0.4) is 0 Å². The second-order valence-corrected chi connectivity index (χ2v) is 10.7. The van der Waals surface area contributed by atoms with Crippen molar-refractivity contribution in [1.82, 2.24) is 24.7 Å². The number of nitrogens with one attached hydrogen (secondary N) is 1. The maximum atomic E-state index is 13.0. The second-order valence-electron chi connectivity index (χ2n) is 10.7. The second kappa shape index (κ2) is 11.0. The predicted octanol–water partition coefficient (Wildman–Crippen LogP) is 3.13. The first-order valence-electron chi connectivity index (χ1n) is 13.7. The average molecular weight is 528 g/mol. The minimum absolute atomic E-state index is 0.166. The van der Waals surface area contributed by atoms with Crippen molar-refractivity contribution >= 4 is 17.7 Å². The molecule has 39 heavy (non-hydrogen) atoms. The first kappa shape index (κ1) is 25.3. The van der Waals surface area contributed by atoms with Gasteiger partial charge in [-0.05, 0) is 60.7 Å². The summed E-state index contributed by atoms with van der Waals surface area (Å²) < 4.78 is 8.33. The Hall–Kier alpha value is -3.98. The third-order valence-electron chi connectivity index (χ3n) is 8.02. The number of hydrogen-bond donors (Lipinski definition) is 1. The largest absolute Gasteiger partial charge is 0.492 e. The maximum Gasteiger partial charge on any atom is 0.255 e. The van der Waals surface area contributed by atoms with Crippen molar-refractivity contribution in [1.29, 1.82) is 0 Å². The molecule has 0 radical (unpaired) electrons. The number of aromatic nitrogens is 2. The molecule has 2 atom stereocenters. The van der Waals surface area contributed by atoms with E-state index in [4.69, 9.17) is 4.74 Å². The van der Waals surface area contributed by atoms with E-state index in [9.17, 15) is 14.4 Å². The number of ether oxygens (including phenoxy) is 1. The molecule has 2 saturated heterocycles. The number of rotatable bonds is 8. The number of carbonyl (C=O) groups is 3. The van der Waals surface area contributed by atoms with E-state index in [1.165, 1.54) is 24.0 Å². The highest BCUT2D eigenvalue weighted by Crippen LogP contribution is 2.30. The molecule has 3 aliphatic rings. The molecule has 2 aromatic carbocycles. The molecule has 1 N–H and O–H groups in total. The topological polar surface area (TPSA) is 96.8 Å². The van der Waals surface area contributed by atoms with Crippen LogP contribution in [-0.4, -0.2) is 62.3 Å². The molecule has 3 aromatic rings. The minimum atomic E-state index is -0.609. The summed E-state index contributed by atoms with van der Waals surface area (Å²) in [5.74, 6) is -0.105. The molecule has 0 aliphatic carbocycles. The van der Waals surface area contributed by atoms with E-state index in [2.05, 4.69) is 44.0 Å². The van der Waals surface area contributed by atoms with Crippen LogP contribution in [0.2, 0.25) is 0 Å². The standard InChI is InChI=1S/C30H33N5O4/c36-28-11-10-27(29(37)32-28)35-18-23-15-25(8-9-26(23)30(35)38)39-19-24-3-1-2-13-34(24)17-22-6-4-21(5-7-22)16-33-14-12-31-20-33/h4-9,12,14-15,20,24,27H,1-3,10-11,13,16-19H2,(H,32,36,37)/t24-,27?/m1/s1. The lowest BCUT2D eigenvalue weighted by molar-refractivity contribution is -0.136. The van der Waals surface area contributed by atoms with E-state index < -0.39 is 11.9 Å². The van der Waals surface area contributed by atoms with Gasteiger partial charge in [0, 0.05) is 50.1 Å². The molecule has 1 unspecified atom stereocenters. The van der Waals surface area contributed by atoms with E-state index in [1.54, 1.807) is 17.2 Å². The van der Waals surface area contributed by atoms with Crippen LogP contribution in [0.4, 0.5) is 0 Å². The quantitative estimate of drug-likeness (QED) is 0.452. The van der Waals surface area contributed by atoms with Crippen molar-refractivity contribution in [3.8, 4) is 5.75 Å². The zero-order valence-electron chi connectivity index (χ0n) is 21.9. The van der Waals surface area contributed by atoms with Gasteiger partial charge in [0.1, 0.15) is 18.4 Å². The number of piperidine rings is 2. The van der Waals surface area contributed by atoms with Crippen LogP contribution in [0.5, 0.6) is 5.75 Å². The molecule has 0 bridgehead atoms. The van der Waals surface area contributed by atoms with Crippen LogP contribution in [0.25, 0.3) is 0 Å². The first-order valence-corrected chi connectivity index (χ1v) is 13.7. The normalized spacial score (nSPS) is 21.6. The van der Waals surface area contributed by atoms with Gasteiger partial charge in [0.15, 0.2) is 0 Å². The third kappa shape index (κ3) is 5.59. The lowest BCUT2D eigenvalue weighted by atomic mass is 10.0. The summed E-state index contributed by atoms with van der Waals surface area (Å²) in [5.41, 5.74) is 4.00. The Kier molecular flexibility index (Phi) is 7.15. The molecule has 3 aliphatic heterocycles. The van der Waals surface area contributed by atoms with Gasteiger partial charge in [-0.2, -0.15) is 0 Å². The fraction of sp³-hybridized carbons (Fsp3) is 0.400. The number of benzene rings is 2. The van der Waals surface area contributed by atoms with Crippen LogP contribution in [0, 0.1) is 0 Å². The molecule has 9 nitrogen and oxygen atoms in total. The van der Waals surface area contributed by atoms with Gasteiger partial charge < -0.3 is 14.2 Å². The molecule has 202 valence electrons. The van der Waals surface area contributed by atoms with Gasteiger partial charge in [0.25, 0.3) is 5.91 Å². The van der Waals surface area contributed by atoms with Crippen LogP contribution >= 0.6 is 0 Å². The molecule has 6 rings (SSSR count). The highest BCUT2D eigenvalue weighted by Gasteiger charge is 2.39. The summed E-state index contributed by atoms with van der Waals surface area (Å²) in [5, 5.41) is 2.35. The zero-order valence-corrected chi connectivity index (χ0v) is 21.9. The monoisotopic (exact) mass is 527 g/mol. The molecule has 1 aromatic heterocycles. The van der Waals surface area contributed by atoms with Crippen molar-refractivity contribution in [3.63, 3.8) is 0 Å². The molecule has 9 heteroatoms. The molecule has 0 saturated carbocycles. The maximum absolute atomic E-state index is 13.0. The summed E-state index contributed by atoms with van der Waals surface area (Å²) in [4.78, 5) is 45.0. The van der Waals surface area contributed by atoms with Crippen molar-refractivity contribution in [2.24, 2.45) is 0 Å². The van der Waals surface area contributed by atoms with Gasteiger partial charge in [0.05, 0.1) is 6.33 Å². The Bertz CT molecular complexity index is 1350. The van der Waals surface area contributed by atoms with Crippen molar-refractivity contribution in [2.45, 2.75) is 63.8 Å². The predicted molar refractivity (Wildman–Crippen MR) is 144 cm³/mol. The summed E-state index contributed by atoms with van der Waals surface area (Å²) in [6.45, 7) is 3.69. The van der Waals surface area contributed by atoms with Crippen LogP contribution in [0.15, 0.2) is 61.2 Å². The number of carbonyl (C=O) groups excluding carboxylic acids is 3. The number of hydrogen-bond acceptors (Lipinski definition) is 6. The van der Waals surface area contributed by atoms with Crippen molar-refractivity contribution in [3.05, 3.63) is 83.4 Å². The van der Waals surface area contributed by atoms with Crippen molar-refractivity contribution < 1.29 is 19.1 Å². The van der Waals surface area contributed by atoms with Crippen LogP contribution in [-0.2, 0) is 29.2 Å². The Morgan fingerprint density at radius 2 is 1.79 bits per heavy atom. The Balaban J connectivity index is 1.06. The van der Waals surface area contributed by atoms with Gasteiger partial charge in [-0.25, -0.2) is 4.98 Å². The number of fused-ring (bicyclic) bond motifs is 1. The Morgan fingerprint density at radius 3 is 2.56 bits per heavy atom. The number of amides is 3.